The van der Waals surface area contributed by atoms with Crippen LogP contribution in [0.15, 0.2) is 35.3 Å². The van der Waals surface area contributed by atoms with Crippen LogP contribution in [-0.4, -0.2) is 15.0 Å². The highest BCUT2D eigenvalue weighted by atomic mass is 79.9. The fraction of sp³-hybridized carbons (Fsp3) is 0.182. The largest absolute Gasteiger partial charge is 0.437 e. The molecule has 0 saturated heterocycles. The predicted octanol–water partition coefficient (Wildman–Crippen LogP) is 2.99. The van der Waals surface area contributed by atoms with E-state index in [-0.39, 0.29) is 0 Å². The van der Waals surface area contributed by atoms with Crippen LogP contribution in [0, 0.1) is 0 Å². The summed E-state index contributed by atoms with van der Waals surface area (Å²) in [5.41, 5.74) is 0.952. The van der Waals surface area contributed by atoms with Gasteiger partial charge in [-0.2, -0.15) is 0 Å². The summed E-state index contributed by atoms with van der Waals surface area (Å²) in [6.45, 7) is 2.03. The van der Waals surface area contributed by atoms with Gasteiger partial charge in [0.1, 0.15) is 12.1 Å². The average molecular weight is 280 g/mol. The van der Waals surface area contributed by atoms with Crippen LogP contribution in [0.1, 0.15) is 12.6 Å². The third-order valence-electron chi connectivity index (χ3n) is 1.96. The van der Waals surface area contributed by atoms with Crippen molar-refractivity contribution >= 4 is 15.9 Å². The van der Waals surface area contributed by atoms with Crippen molar-refractivity contribution in [3.8, 4) is 11.6 Å². The molecule has 0 atom stereocenters. The van der Waals surface area contributed by atoms with Crippen LogP contribution in [0.25, 0.3) is 0 Å². The Kier molecular flexibility index (Phi) is 3.46. The van der Waals surface area contributed by atoms with E-state index in [9.17, 15) is 0 Å². The Bertz CT molecular complexity index is 490. The molecule has 16 heavy (non-hydrogen) atoms. The van der Waals surface area contributed by atoms with E-state index in [4.69, 9.17) is 4.74 Å². The van der Waals surface area contributed by atoms with Gasteiger partial charge in [-0.05, 0) is 28.4 Å². The van der Waals surface area contributed by atoms with Crippen LogP contribution in [0.2, 0.25) is 0 Å². The number of ether oxygens (including phenoxy) is 1. The zero-order chi connectivity index (χ0) is 11.4. The van der Waals surface area contributed by atoms with Crippen molar-refractivity contribution < 1.29 is 4.74 Å². The van der Waals surface area contributed by atoms with Gasteiger partial charge in [0.05, 0.1) is 6.20 Å². The number of pyridine rings is 1. The molecule has 5 heteroatoms. The second-order valence-electron chi connectivity index (χ2n) is 3.14. The minimum absolute atomic E-state index is 0.534. The van der Waals surface area contributed by atoms with E-state index in [1.807, 2.05) is 19.1 Å². The molecule has 2 rings (SSSR count). The molecular weight excluding hydrogens is 270 g/mol. The molecule has 2 heterocycles. The van der Waals surface area contributed by atoms with Gasteiger partial charge < -0.3 is 4.74 Å². The van der Waals surface area contributed by atoms with Crippen LogP contribution in [0.4, 0.5) is 0 Å². The van der Waals surface area contributed by atoms with Crippen molar-refractivity contribution in [2.45, 2.75) is 13.3 Å². The molecule has 0 aliphatic heterocycles. The van der Waals surface area contributed by atoms with Gasteiger partial charge in [0, 0.05) is 22.4 Å². The summed E-state index contributed by atoms with van der Waals surface area (Å²) in [5, 5.41) is 0. The number of aromatic nitrogens is 3. The van der Waals surface area contributed by atoms with Gasteiger partial charge in [-0.1, -0.05) is 6.92 Å². The minimum atomic E-state index is 0.534. The number of rotatable bonds is 3. The summed E-state index contributed by atoms with van der Waals surface area (Å²) in [6, 6.07) is 3.65. The Balaban J connectivity index is 2.20. The first-order valence-electron chi connectivity index (χ1n) is 4.87. The first kappa shape index (κ1) is 11.0. The molecule has 4 nitrogen and oxygen atoms in total. The van der Waals surface area contributed by atoms with Crippen molar-refractivity contribution in [1.29, 1.82) is 0 Å². The van der Waals surface area contributed by atoms with Crippen molar-refractivity contribution in [3.63, 3.8) is 0 Å². The van der Waals surface area contributed by atoms with Crippen molar-refractivity contribution in [1.82, 2.24) is 15.0 Å². The number of hydrogen-bond acceptors (Lipinski definition) is 4. The molecule has 0 aliphatic carbocycles. The highest BCUT2D eigenvalue weighted by Gasteiger charge is 2.01. The SMILES string of the molecule is CCc1cc(Oc2cncc(Br)c2)ncn1. The second-order valence-corrected chi connectivity index (χ2v) is 4.06. The average Bonchev–Trinajstić information content (AvgIpc) is 2.29. The normalized spacial score (nSPS) is 10.1. The van der Waals surface area contributed by atoms with Crippen LogP contribution in [0.3, 0.4) is 0 Å². The fourth-order valence-corrected chi connectivity index (χ4v) is 1.54. The Morgan fingerprint density at radius 1 is 1.25 bits per heavy atom. The van der Waals surface area contributed by atoms with E-state index in [0.29, 0.717) is 11.6 Å². The van der Waals surface area contributed by atoms with Gasteiger partial charge in [0.15, 0.2) is 0 Å². The van der Waals surface area contributed by atoms with Crippen molar-refractivity contribution in [2.75, 3.05) is 0 Å². The summed E-state index contributed by atoms with van der Waals surface area (Å²) in [7, 11) is 0. The quantitative estimate of drug-likeness (QED) is 0.867. The summed E-state index contributed by atoms with van der Waals surface area (Å²) in [6.07, 6.45) is 5.69. The lowest BCUT2D eigenvalue weighted by Crippen LogP contribution is -1.93. The predicted molar refractivity (Wildman–Crippen MR) is 63.4 cm³/mol. The monoisotopic (exact) mass is 279 g/mol. The third kappa shape index (κ3) is 2.76. The fourth-order valence-electron chi connectivity index (χ4n) is 1.20. The van der Waals surface area contributed by atoms with Gasteiger partial charge in [-0.3, -0.25) is 4.98 Å². The maximum atomic E-state index is 5.56. The molecule has 0 N–H and O–H groups in total. The first-order valence-corrected chi connectivity index (χ1v) is 5.66. The summed E-state index contributed by atoms with van der Waals surface area (Å²) in [4.78, 5) is 12.1. The molecule has 0 saturated carbocycles. The molecule has 2 aromatic rings. The molecule has 0 fully saturated rings. The van der Waals surface area contributed by atoms with E-state index < -0.39 is 0 Å². The summed E-state index contributed by atoms with van der Waals surface area (Å²) in [5.74, 6) is 1.18. The van der Waals surface area contributed by atoms with E-state index in [1.54, 1.807) is 12.4 Å². The highest BCUT2D eigenvalue weighted by Crippen LogP contribution is 2.21. The molecule has 0 radical (unpaired) electrons. The molecule has 0 aliphatic rings. The smallest absolute Gasteiger partial charge is 0.222 e. The minimum Gasteiger partial charge on any atom is -0.437 e. The van der Waals surface area contributed by atoms with E-state index in [1.165, 1.54) is 6.33 Å². The van der Waals surface area contributed by atoms with Crippen LogP contribution in [0.5, 0.6) is 11.6 Å². The van der Waals surface area contributed by atoms with Crippen LogP contribution in [-0.2, 0) is 6.42 Å². The second kappa shape index (κ2) is 5.03. The van der Waals surface area contributed by atoms with Gasteiger partial charge in [-0.15, -0.1) is 0 Å². The van der Waals surface area contributed by atoms with E-state index >= 15 is 0 Å². The van der Waals surface area contributed by atoms with Crippen molar-refractivity contribution in [2.24, 2.45) is 0 Å². The van der Waals surface area contributed by atoms with Gasteiger partial charge in [-0.25, -0.2) is 9.97 Å². The van der Waals surface area contributed by atoms with Gasteiger partial charge in [0.2, 0.25) is 5.88 Å². The van der Waals surface area contributed by atoms with Crippen LogP contribution >= 0.6 is 15.9 Å². The highest BCUT2D eigenvalue weighted by molar-refractivity contribution is 9.10. The molecule has 0 unspecified atom stereocenters. The zero-order valence-corrected chi connectivity index (χ0v) is 10.3. The van der Waals surface area contributed by atoms with Crippen LogP contribution < -0.4 is 4.74 Å². The molecule has 0 bridgehead atoms. The summed E-state index contributed by atoms with van der Waals surface area (Å²) >= 11 is 3.33. The lowest BCUT2D eigenvalue weighted by molar-refractivity contribution is 0.458. The standard InChI is InChI=1S/C11H10BrN3O/c1-2-9-4-11(15-7-14-9)16-10-3-8(12)5-13-6-10/h3-7H,2H2,1H3. The lowest BCUT2D eigenvalue weighted by atomic mass is 10.3. The zero-order valence-electron chi connectivity index (χ0n) is 8.72. The molecule has 2 aromatic heterocycles. The first-order chi connectivity index (χ1) is 7.78. The molecule has 0 aromatic carbocycles. The number of halogens is 1. The van der Waals surface area contributed by atoms with E-state index in [2.05, 4.69) is 30.9 Å². The topological polar surface area (TPSA) is 47.9 Å². The molecular formula is C11H10BrN3O. The molecule has 82 valence electrons. The van der Waals surface area contributed by atoms with E-state index in [0.717, 1.165) is 16.6 Å². The Morgan fingerprint density at radius 2 is 2.12 bits per heavy atom. The maximum absolute atomic E-state index is 5.56. The number of hydrogen-bond donors (Lipinski definition) is 0. The Morgan fingerprint density at radius 3 is 2.88 bits per heavy atom. The Labute approximate surface area is 102 Å². The number of nitrogens with zero attached hydrogens (tertiary/aromatic N) is 3. The van der Waals surface area contributed by atoms with Gasteiger partial charge >= 0.3 is 0 Å². The number of aryl methyl sites for hydroxylation is 1. The summed E-state index contributed by atoms with van der Waals surface area (Å²) < 4.78 is 6.43. The Hall–Kier alpha value is -1.49. The molecule has 0 amide bonds. The van der Waals surface area contributed by atoms with Crippen molar-refractivity contribution in [3.05, 3.63) is 41.0 Å². The lowest BCUT2D eigenvalue weighted by Gasteiger charge is -2.04. The molecule has 0 spiro atoms. The third-order valence-corrected chi connectivity index (χ3v) is 2.40. The maximum Gasteiger partial charge on any atom is 0.222 e. The van der Waals surface area contributed by atoms with Gasteiger partial charge in [0.25, 0.3) is 0 Å².